The molecule has 0 amide bonds. The van der Waals surface area contributed by atoms with E-state index in [2.05, 4.69) is 0 Å². The Bertz CT molecular complexity index is 1220. The Labute approximate surface area is 191 Å². The van der Waals surface area contributed by atoms with Crippen molar-refractivity contribution in [3.63, 3.8) is 0 Å². The van der Waals surface area contributed by atoms with E-state index in [0.717, 1.165) is 21.6 Å². The third-order valence-corrected chi connectivity index (χ3v) is 6.26. The fourth-order valence-corrected chi connectivity index (χ4v) is 4.80. The van der Waals surface area contributed by atoms with Gasteiger partial charge in [-0.1, -0.05) is 60.7 Å². The zero-order valence-corrected chi connectivity index (χ0v) is 18.9. The SMILES string of the molecule is COc1cc(C(=O)c2c(N)sc(-c3ccccc3)c2-c2ccccc2)cc(OC)c1OC. The van der Waals surface area contributed by atoms with Crippen LogP contribution in [0.1, 0.15) is 15.9 Å². The van der Waals surface area contributed by atoms with Gasteiger partial charge in [-0.3, -0.25) is 4.79 Å². The maximum Gasteiger partial charge on any atom is 0.203 e. The van der Waals surface area contributed by atoms with Crippen LogP contribution in [0.15, 0.2) is 72.8 Å². The van der Waals surface area contributed by atoms with Gasteiger partial charge in [-0.2, -0.15) is 0 Å². The molecule has 162 valence electrons. The minimum Gasteiger partial charge on any atom is -0.493 e. The second kappa shape index (κ2) is 9.16. The Hall–Kier alpha value is -3.77. The molecule has 0 radical (unpaired) electrons. The first-order valence-electron chi connectivity index (χ1n) is 9.96. The number of anilines is 1. The molecule has 2 N–H and O–H groups in total. The van der Waals surface area contributed by atoms with Crippen LogP contribution in [-0.4, -0.2) is 27.1 Å². The molecule has 0 aliphatic heterocycles. The topological polar surface area (TPSA) is 70.8 Å². The quantitative estimate of drug-likeness (QED) is 0.358. The maximum absolute atomic E-state index is 13.8. The molecule has 0 aliphatic carbocycles. The first kappa shape index (κ1) is 21.5. The van der Waals surface area contributed by atoms with Gasteiger partial charge in [0.25, 0.3) is 0 Å². The average molecular weight is 446 g/mol. The molecule has 4 rings (SSSR count). The van der Waals surface area contributed by atoms with Crippen LogP contribution in [-0.2, 0) is 0 Å². The molecule has 3 aromatic carbocycles. The molecule has 0 spiro atoms. The summed E-state index contributed by atoms with van der Waals surface area (Å²) in [6, 6.07) is 23.1. The summed E-state index contributed by atoms with van der Waals surface area (Å²) in [6.45, 7) is 0. The van der Waals surface area contributed by atoms with Crippen LogP contribution in [0.3, 0.4) is 0 Å². The number of hydrogen-bond donors (Lipinski definition) is 1. The standard InChI is InChI=1S/C26H23NO4S/c1-29-19-14-18(15-20(30-2)24(19)31-3)23(28)22-21(16-10-6-4-7-11-16)25(32-26(22)27)17-12-8-5-9-13-17/h4-15H,27H2,1-3H3. The van der Waals surface area contributed by atoms with Gasteiger partial charge in [0.05, 0.1) is 31.9 Å². The second-order valence-corrected chi connectivity index (χ2v) is 8.07. The molecule has 0 aliphatic rings. The first-order chi connectivity index (χ1) is 15.6. The van der Waals surface area contributed by atoms with Crippen molar-refractivity contribution in [3.8, 4) is 38.8 Å². The van der Waals surface area contributed by atoms with Gasteiger partial charge in [-0.05, 0) is 23.3 Å². The molecule has 0 bridgehead atoms. The van der Waals surface area contributed by atoms with E-state index in [1.165, 1.54) is 32.7 Å². The van der Waals surface area contributed by atoms with Crippen LogP contribution in [0.2, 0.25) is 0 Å². The van der Waals surface area contributed by atoms with Crippen LogP contribution < -0.4 is 19.9 Å². The monoisotopic (exact) mass is 445 g/mol. The molecule has 0 unspecified atom stereocenters. The molecular formula is C26H23NO4S. The predicted molar refractivity (Wildman–Crippen MR) is 129 cm³/mol. The third-order valence-electron chi connectivity index (χ3n) is 5.19. The van der Waals surface area contributed by atoms with Gasteiger partial charge in [-0.25, -0.2) is 0 Å². The molecule has 6 heteroatoms. The summed E-state index contributed by atoms with van der Waals surface area (Å²) in [6.07, 6.45) is 0. The lowest BCUT2D eigenvalue weighted by Gasteiger charge is -2.14. The highest BCUT2D eigenvalue weighted by Gasteiger charge is 2.27. The van der Waals surface area contributed by atoms with Crippen molar-refractivity contribution in [2.75, 3.05) is 27.1 Å². The number of hydrogen-bond acceptors (Lipinski definition) is 6. The highest BCUT2D eigenvalue weighted by molar-refractivity contribution is 7.20. The highest BCUT2D eigenvalue weighted by atomic mass is 32.1. The summed E-state index contributed by atoms with van der Waals surface area (Å²) >= 11 is 1.41. The molecule has 1 aromatic heterocycles. The largest absolute Gasteiger partial charge is 0.493 e. The summed E-state index contributed by atoms with van der Waals surface area (Å²) in [4.78, 5) is 14.8. The van der Waals surface area contributed by atoms with Crippen molar-refractivity contribution in [2.45, 2.75) is 0 Å². The number of carbonyl (C=O) groups excluding carboxylic acids is 1. The lowest BCUT2D eigenvalue weighted by atomic mass is 9.93. The van der Waals surface area contributed by atoms with Crippen LogP contribution in [0.25, 0.3) is 21.6 Å². The number of ketones is 1. The Morgan fingerprint density at radius 2 is 1.31 bits per heavy atom. The minimum absolute atomic E-state index is 0.209. The normalized spacial score (nSPS) is 10.6. The average Bonchev–Trinajstić information content (AvgIpc) is 3.20. The lowest BCUT2D eigenvalue weighted by Crippen LogP contribution is -2.06. The maximum atomic E-state index is 13.8. The van der Waals surface area contributed by atoms with Crippen molar-refractivity contribution in [1.82, 2.24) is 0 Å². The van der Waals surface area contributed by atoms with Gasteiger partial charge in [0.1, 0.15) is 0 Å². The predicted octanol–water partition coefficient (Wildman–Crippen LogP) is 5.92. The van der Waals surface area contributed by atoms with Crippen LogP contribution in [0.5, 0.6) is 17.2 Å². The number of rotatable bonds is 7. The molecule has 0 saturated carbocycles. The number of nitrogens with two attached hydrogens (primary N) is 1. The Morgan fingerprint density at radius 1 is 0.781 bits per heavy atom. The molecule has 5 nitrogen and oxygen atoms in total. The molecule has 0 saturated heterocycles. The summed E-state index contributed by atoms with van der Waals surface area (Å²) in [5.41, 5.74) is 10.1. The number of thiophene rings is 1. The van der Waals surface area contributed by atoms with E-state index in [1.807, 2.05) is 60.7 Å². The first-order valence-corrected chi connectivity index (χ1v) is 10.8. The van der Waals surface area contributed by atoms with Crippen molar-refractivity contribution in [3.05, 3.63) is 83.9 Å². The van der Waals surface area contributed by atoms with Gasteiger partial charge in [-0.15, -0.1) is 11.3 Å². The number of ether oxygens (including phenoxy) is 3. The molecular weight excluding hydrogens is 422 g/mol. The van der Waals surface area contributed by atoms with E-state index < -0.39 is 0 Å². The van der Waals surface area contributed by atoms with E-state index in [0.29, 0.717) is 33.4 Å². The summed E-state index contributed by atoms with van der Waals surface area (Å²) < 4.78 is 16.3. The third kappa shape index (κ3) is 3.81. The van der Waals surface area contributed by atoms with E-state index >= 15 is 0 Å². The van der Waals surface area contributed by atoms with Crippen LogP contribution in [0, 0.1) is 0 Å². The summed E-state index contributed by atoms with van der Waals surface area (Å²) in [5.74, 6) is 1.04. The fraction of sp³-hybridized carbons (Fsp3) is 0.115. The molecule has 1 heterocycles. The lowest BCUT2D eigenvalue weighted by molar-refractivity contribution is 0.103. The Balaban J connectivity index is 1.95. The highest BCUT2D eigenvalue weighted by Crippen LogP contribution is 2.46. The van der Waals surface area contributed by atoms with E-state index in [-0.39, 0.29) is 5.78 Å². The Morgan fingerprint density at radius 3 is 1.81 bits per heavy atom. The van der Waals surface area contributed by atoms with Crippen molar-refractivity contribution < 1.29 is 19.0 Å². The van der Waals surface area contributed by atoms with Gasteiger partial charge >= 0.3 is 0 Å². The number of carbonyl (C=O) groups is 1. The summed E-state index contributed by atoms with van der Waals surface area (Å²) in [5, 5.41) is 0.460. The molecule has 32 heavy (non-hydrogen) atoms. The van der Waals surface area contributed by atoms with Crippen molar-refractivity contribution in [2.24, 2.45) is 0 Å². The van der Waals surface area contributed by atoms with Gasteiger partial charge < -0.3 is 19.9 Å². The number of nitrogen functional groups attached to an aromatic ring is 1. The van der Waals surface area contributed by atoms with E-state index in [4.69, 9.17) is 19.9 Å². The van der Waals surface area contributed by atoms with Crippen molar-refractivity contribution in [1.29, 1.82) is 0 Å². The van der Waals surface area contributed by atoms with Gasteiger partial charge in [0.2, 0.25) is 5.75 Å². The Kier molecular flexibility index (Phi) is 6.14. The van der Waals surface area contributed by atoms with E-state index in [1.54, 1.807) is 12.1 Å². The molecule has 0 fully saturated rings. The van der Waals surface area contributed by atoms with Gasteiger partial charge in [0.15, 0.2) is 17.3 Å². The molecule has 4 aromatic rings. The van der Waals surface area contributed by atoms with Crippen LogP contribution >= 0.6 is 11.3 Å². The van der Waals surface area contributed by atoms with Crippen molar-refractivity contribution >= 4 is 22.1 Å². The minimum atomic E-state index is -0.209. The summed E-state index contributed by atoms with van der Waals surface area (Å²) in [7, 11) is 4.57. The zero-order chi connectivity index (χ0) is 22.7. The number of benzene rings is 3. The zero-order valence-electron chi connectivity index (χ0n) is 18.0. The van der Waals surface area contributed by atoms with E-state index in [9.17, 15) is 4.79 Å². The van der Waals surface area contributed by atoms with Gasteiger partial charge in [0, 0.05) is 16.0 Å². The smallest absolute Gasteiger partial charge is 0.203 e. The number of methoxy groups -OCH3 is 3. The second-order valence-electron chi connectivity index (χ2n) is 7.02. The van der Waals surface area contributed by atoms with Crippen LogP contribution in [0.4, 0.5) is 5.00 Å². The molecule has 0 atom stereocenters. The fourth-order valence-electron chi connectivity index (χ4n) is 3.70.